The lowest BCUT2D eigenvalue weighted by molar-refractivity contribution is -0.385. The van der Waals surface area contributed by atoms with E-state index in [-0.39, 0.29) is 19.5 Å². The fourth-order valence-corrected chi connectivity index (χ4v) is 3.67. The molecule has 0 radical (unpaired) electrons. The van der Waals surface area contributed by atoms with Crippen molar-refractivity contribution in [3.8, 4) is 0 Å². The first-order valence-electron chi connectivity index (χ1n) is 5.90. The maximum absolute atomic E-state index is 13.7. The smallest absolute Gasteiger partial charge is 0.307 e. The minimum Gasteiger partial charge on any atom is -0.481 e. The Labute approximate surface area is 119 Å². The number of hydrogen-bond acceptors (Lipinski definition) is 5. The van der Waals surface area contributed by atoms with Gasteiger partial charge in [-0.15, -0.1) is 0 Å². The Bertz CT molecular complexity index is 705. The second-order valence-electron chi connectivity index (χ2n) is 4.56. The first-order chi connectivity index (χ1) is 9.73. The summed E-state index contributed by atoms with van der Waals surface area (Å²) in [5.74, 6) is -3.10. The number of nitro benzene ring substituents is 1. The molecule has 114 valence electrons. The van der Waals surface area contributed by atoms with Crippen LogP contribution in [0.4, 0.5) is 10.1 Å². The fourth-order valence-electron chi connectivity index (χ4n) is 2.09. The minimum absolute atomic E-state index is 0.0680. The van der Waals surface area contributed by atoms with Gasteiger partial charge >= 0.3 is 5.97 Å². The minimum atomic E-state index is -4.30. The molecule has 2 rings (SSSR count). The molecule has 0 aromatic heterocycles. The first-order valence-corrected chi connectivity index (χ1v) is 7.34. The van der Waals surface area contributed by atoms with Crippen molar-refractivity contribution in [2.24, 2.45) is 5.92 Å². The molecule has 1 aromatic rings. The molecule has 1 aliphatic heterocycles. The van der Waals surface area contributed by atoms with Gasteiger partial charge in [0.05, 0.1) is 10.8 Å². The van der Waals surface area contributed by atoms with Crippen molar-refractivity contribution < 1.29 is 27.6 Å². The molecule has 1 N–H and O–H groups in total. The van der Waals surface area contributed by atoms with E-state index in [1.165, 1.54) is 0 Å². The van der Waals surface area contributed by atoms with Gasteiger partial charge in [-0.05, 0) is 12.5 Å². The van der Waals surface area contributed by atoms with Crippen molar-refractivity contribution in [1.29, 1.82) is 0 Å². The number of carbonyl (C=O) groups is 1. The number of rotatable bonds is 4. The zero-order chi connectivity index (χ0) is 15.8. The monoisotopic (exact) mass is 318 g/mol. The third-order valence-corrected chi connectivity index (χ3v) is 5.12. The lowest BCUT2D eigenvalue weighted by Gasteiger charge is -2.16. The summed E-state index contributed by atoms with van der Waals surface area (Å²) in [5.41, 5.74) is -0.552. The molecular formula is C11H11FN2O6S. The maximum Gasteiger partial charge on any atom is 0.307 e. The van der Waals surface area contributed by atoms with Crippen LogP contribution in [0.3, 0.4) is 0 Å². The molecule has 10 heteroatoms. The summed E-state index contributed by atoms with van der Waals surface area (Å²) in [4.78, 5) is 19.8. The van der Waals surface area contributed by atoms with E-state index in [1.54, 1.807) is 0 Å². The molecule has 1 atom stereocenters. The van der Waals surface area contributed by atoms with E-state index in [2.05, 4.69) is 0 Å². The summed E-state index contributed by atoms with van der Waals surface area (Å²) in [7, 11) is -4.30. The summed E-state index contributed by atoms with van der Waals surface area (Å²) < 4.78 is 39.1. The third kappa shape index (κ3) is 2.85. The molecule has 0 aliphatic carbocycles. The van der Waals surface area contributed by atoms with Gasteiger partial charge < -0.3 is 5.11 Å². The second kappa shape index (κ2) is 5.37. The van der Waals surface area contributed by atoms with Crippen molar-refractivity contribution in [3.05, 3.63) is 34.1 Å². The highest BCUT2D eigenvalue weighted by atomic mass is 32.2. The highest BCUT2D eigenvalue weighted by Crippen LogP contribution is 2.28. The normalized spacial score (nSPS) is 19.6. The van der Waals surface area contributed by atoms with E-state index >= 15 is 0 Å². The highest BCUT2D eigenvalue weighted by Gasteiger charge is 2.37. The number of non-ortho nitro benzene ring substituents is 1. The summed E-state index contributed by atoms with van der Waals surface area (Å²) in [6.45, 7) is -0.346. The topological polar surface area (TPSA) is 118 Å². The molecule has 0 spiro atoms. The number of carboxylic acids is 1. The average Bonchev–Trinajstić information content (AvgIpc) is 2.89. The number of nitrogens with zero attached hydrogens (tertiary/aromatic N) is 2. The maximum atomic E-state index is 13.7. The number of benzene rings is 1. The van der Waals surface area contributed by atoms with Gasteiger partial charge in [0.25, 0.3) is 5.69 Å². The largest absolute Gasteiger partial charge is 0.481 e. The lowest BCUT2D eigenvalue weighted by Crippen LogP contribution is -2.30. The van der Waals surface area contributed by atoms with Crippen molar-refractivity contribution in [2.75, 3.05) is 13.1 Å². The van der Waals surface area contributed by atoms with Crippen LogP contribution in [0.5, 0.6) is 0 Å². The van der Waals surface area contributed by atoms with Crippen LogP contribution in [0.15, 0.2) is 23.1 Å². The Balaban J connectivity index is 2.39. The Kier molecular flexibility index (Phi) is 3.92. The zero-order valence-corrected chi connectivity index (χ0v) is 11.4. The molecular weight excluding hydrogens is 307 g/mol. The lowest BCUT2D eigenvalue weighted by atomic mass is 10.1. The Hall–Kier alpha value is -2.07. The number of carboxylic acid groups (broad SMARTS) is 1. The van der Waals surface area contributed by atoms with Crippen LogP contribution in [0, 0.1) is 21.8 Å². The molecule has 1 heterocycles. The number of sulfonamides is 1. The summed E-state index contributed by atoms with van der Waals surface area (Å²) in [6.07, 6.45) is 0.116. The van der Waals surface area contributed by atoms with Crippen LogP contribution in [0.2, 0.25) is 0 Å². The predicted octanol–water partition coefficient (Wildman–Crippen LogP) is 0.829. The van der Waals surface area contributed by atoms with E-state index in [0.717, 1.165) is 10.4 Å². The molecule has 8 nitrogen and oxygen atoms in total. The standard InChI is InChI=1S/C11H11FN2O6S/c12-9-2-1-8(14(17)18)5-10(9)21(19,20)13-4-3-7(6-13)11(15)16/h1-2,5,7H,3-4,6H2,(H,15,16). The van der Waals surface area contributed by atoms with E-state index in [4.69, 9.17) is 5.11 Å². The molecule has 1 aromatic carbocycles. The molecule has 1 unspecified atom stereocenters. The number of nitro groups is 1. The Morgan fingerprint density at radius 3 is 2.67 bits per heavy atom. The molecule has 0 saturated carbocycles. The van der Waals surface area contributed by atoms with Crippen LogP contribution in [-0.4, -0.2) is 41.8 Å². The van der Waals surface area contributed by atoms with E-state index in [9.17, 15) is 27.7 Å². The van der Waals surface area contributed by atoms with Crippen molar-refractivity contribution in [2.45, 2.75) is 11.3 Å². The van der Waals surface area contributed by atoms with Gasteiger partial charge in [-0.1, -0.05) is 0 Å². The van der Waals surface area contributed by atoms with E-state index in [1.807, 2.05) is 0 Å². The van der Waals surface area contributed by atoms with Crippen molar-refractivity contribution >= 4 is 21.7 Å². The molecule has 0 amide bonds. The fraction of sp³-hybridized carbons (Fsp3) is 0.364. The van der Waals surface area contributed by atoms with Crippen molar-refractivity contribution in [3.63, 3.8) is 0 Å². The summed E-state index contributed by atoms with van der Waals surface area (Å²) >= 11 is 0. The SMILES string of the molecule is O=C(O)C1CCN(S(=O)(=O)c2cc([N+](=O)[O-])ccc2F)C1. The van der Waals surface area contributed by atoms with Gasteiger partial charge in [0.15, 0.2) is 0 Å². The van der Waals surface area contributed by atoms with Gasteiger partial charge in [0.2, 0.25) is 10.0 Å². The highest BCUT2D eigenvalue weighted by molar-refractivity contribution is 7.89. The van der Waals surface area contributed by atoms with Gasteiger partial charge in [0, 0.05) is 25.2 Å². The quantitative estimate of drug-likeness (QED) is 0.649. The van der Waals surface area contributed by atoms with Crippen LogP contribution in [-0.2, 0) is 14.8 Å². The first kappa shape index (κ1) is 15.3. The zero-order valence-electron chi connectivity index (χ0n) is 10.6. The van der Waals surface area contributed by atoms with Crippen LogP contribution in [0.25, 0.3) is 0 Å². The summed E-state index contributed by atoms with van der Waals surface area (Å²) in [5, 5.41) is 19.5. The van der Waals surface area contributed by atoms with Gasteiger partial charge in [-0.2, -0.15) is 4.31 Å². The van der Waals surface area contributed by atoms with E-state index < -0.39 is 43.2 Å². The van der Waals surface area contributed by atoms with Crippen LogP contribution in [0.1, 0.15) is 6.42 Å². The Morgan fingerprint density at radius 2 is 2.14 bits per heavy atom. The predicted molar refractivity (Wildman–Crippen MR) is 67.6 cm³/mol. The Morgan fingerprint density at radius 1 is 1.48 bits per heavy atom. The molecule has 1 aliphatic rings. The molecule has 1 fully saturated rings. The van der Waals surface area contributed by atoms with Crippen LogP contribution >= 0.6 is 0 Å². The van der Waals surface area contributed by atoms with Crippen molar-refractivity contribution in [1.82, 2.24) is 4.31 Å². The summed E-state index contributed by atoms with van der Waals surface area (Å²) in [6, 6.07) is 2.20. The molecule has 1 saturated heterocycles. The van der Waals surface area contributed by atoms with Gasteiger partial charge in [-0.3, -0.25) is 14.9 Å². The number of hydrogen-bond donors (Lipinski definition) is 1. The second-order valence-corrected chi connectivity index (χ2v) is 6.47. The molecule has 21 heavy (non-hydrogen) atoms. The molecule has 0 bridgehead atoms. The average molecular weight is 318 g/mol. The van der Waals surface area contributed by atoms with Gasteiger partial charge in [0.1, 0.15) is 10.7 Å². The number of aliphatic carboxylic acids is 1. The third-order valence-electron chi connectivity index (χ3n) is 3.24. The van der Waals surface area contributed by atoms with Crippen LogP contribution < -0.4 is 0 Å². The van der Waals surface area contributed by atoms with E-state index in [0.29, 0.717) is 12.1 Å². The van der Waals surface area contributed by atoms with Gasteiger partial charge in [-0.25, -0.2) is 12.8 Å². The number of halogens is 1.